The lowest BCUT2D eigenvalue weighted by atomic mass is 10.2. The molecule has 0 amide bonds. The van der Waals surface area contributed by atoms with Gasteiger partial charge < -0.3 is 19.7 Å². The Bertz CT molecular complexity index is 178. The predicted octanol–water partition coefficient (Wildman–Crippen LogP) is -2.19. The molecule has 1 saturated heterocycles. The molecule has 0 aromatic heterocycles. The number of hydrogen-bond donors (Lipinski definition) is 2. The van der Waals surface area contributed by atoms with Crippen LogP contribution in [0.2, 0.25) is 0 Å². The fraction of sp³-hybridized carbons (Fsp3) is 0.667. The van der Waals surface area contributed by atoms with Gasteiger partial charge in [0, 0.05) is 0 Å². The fourth-order valence-electron chi connectivity index (χ4n) is 0.713. The van der Waals surface area contributed by atoms with E-state index in [2.05, 4.69) is 9.47 Å². The predicted molar refractivity (Wildman–Crippen MR) is 33.9 cm³/mol. The summed E-state index contributed by atoms with van der Waals surface area (Å²) in [6, 6.07) is 0. The van der Waals surface area contributed by atoms with Crippen molar-refractivity contribution in [2.24, 2.45) is 0 Å². The topological polar surface area (TPSA) is 93.1 Å². The first-order chi connectivity index (χ1) is 5.63. The Balaban J connectivity index is 2.67. The van der Waals surface area contributed by atoms with Gasteiger partial charge in [0.15, 0.2) is 12.2 Å². The lowest BCUT2D eigenvalue weighted by molar-refractivity contribution is -0.181. The summed E-state index contributed by atoms with van der Waals surface area (Å²) in [5.41, 5.74) is 0. The van der Waals surface area contributed by atoms with Crippen molar-refractivity contribution >= 4 is 11.9 Å². The maximum atomic E-state index is 10.7. The molecule has 1 aliphatic rings. The molecule has 0 aromatic carbocycles. The third kappa shape index (κ3) is 1.72. The van der Waals surface area contributed by atoms with Crippen LogP contribution in [0.1, 0.15) is 0 Å². The van der Waals surface area contributed by atoms with Gasteiger partial charge in [-0.05, 0) is 0 Å². The van der Waals surface area contributed by atoms with Crippen LogP contribution in [0.3, 0.4) is 0 Å². The normalized spacial score (nSPS) is 31.5. The lowest BCUT2D eigenvalue weighted by Gasteiger charge is -2.18. The van der Waals surface area contributed by atoms with Crippen LogP contribution in [0.5, 0.6) is 0 Å². The lowest BCUT2D eigenvalue weighted by Crippen LogP contribution is -2.44. The summed E-state index contributed by atoms with van der Waals surface area (Å²) < 4.78 is 8.78. The van der Waals surface area contributed by atoms with E-state index in [9.17, 15) is 9.59 Å². The van der Waals surface area contributed by atoms with Crippen LogP contribution in [-0.4, -0.2) is 47.6 Å². The van der Waals surface area contributed by atoms with E-state index < -0.39 is 24.1 Å². The van der Waals surface area contributed by atoms with Crippen LogP contribution in [0, 0.1) is 0 Å². The highest BCUT2D eigenvalue weighted by Gasteiger charge is 2.34. The van der Waals surface area contributed by atoms with Crippen molar-refractivity contribution in [3.8, 4) is 0 Å². The summed E-state index contributed by atoms with van der Waals surface area (Å²) >= 11 is 0. The maximum Gasteiger partial charge on any atom is 0.338 e. The van der Waals surface area contributed by atoms with E-state index in [0.29, 0.717) is 0 Å². The number of carbonyl (C=O) groups excluding carboxylic acids is 2. The van der Waals surface area contributed by atoms with Crippen molar-refractivity contribution in [2.45, 2.75) is 12.2 Å². The molecule has 2 unspecified atom stereocenters. The first-order valence-electron chi connectivity index (χ1n) is 3.32. The van der Waals surface area contributed by atoms with Crippen molar-refractivity contribution in [1.29, 1.82) is 0 Å². The Labute approximate surface area is 67.7 Å². The third-order valence-electron chi connectivity index (χ3n) is 1.35. The van der Waals surface area contributed by atoms with Gasteiger partial charge in [-0.2, -0.15) is 0 Å². The van der Waals surface area contributed by atoms with Gasteiger partial charge in [0.05, 0.1) is 0 Å². The number of hydrogen-bond acceptors (Lipinski definition) is 6. The first-order valence-corrected chi connectivity index (χ1v) is 3.32. The van der Waals surface area contributed by atoms with E-state index in [1.807, 2.05) is 0 Å². The standard InChI is InChI=1S/C6H8O6/c7-3-4(8)6(10)12-2-1-11-5(3)9/h3-4,7-8H,1-2H2. The van der Waals surface area contributed by atoms with Gasteiger partial charge >= 0.3 is 11.9 Å². The number of rotatable bonds is 0. The molecule has 0 bridgehead atoms. The fourth-order valence-corrected chi connectivity index (χ4v) is 0.713. The van der Waals surface area contributed by atoms with Crippen LogP contribution in [0.15, 0.2) is 0 Å². The molecular formula is C6H8O6. The van der Waals surface area contributed by atoms with E-state index >= 15 is 0 Å². The Kier molecular flexibility index (Phi) is 2.61. The minimum absolute atomic E-state index is 0.103. The zero-order chi connectivity index (χ0) is 9.14. The van der Waals surface area contributed by atoms with E-state index in [-0.39, 0.29) is 13.2 Å². The van der Waals surface area contributed by atoms with Crippen molar-refractivity contribution in [2.75, 3.05) is 13.2 Å². The molecule has 6 nitrogen and oxygen atoms in total. The van der Waals surface area contributed by atoms with Crippen molar-refractivity contribution in [3.63, 3.8) is 0 Å². The molecule has 1 rings (SSSR count). The van der Waals surface area contributed by atoms with Crippen LogP contribution in [0.4, 0.5) is 0 Å². The van der Waals surface area contributed by atoms with Crippen LogP contribution in [-0.2, 0) is 19.1 Å². The molecule has 68 valence electrons. The number of aliphatic hydroxyl groups excluding tert-OH is 2. The largest absolute Gasteiger partial charge is 0.460 e. The van der Waals surface area contributed by atoms with Crippen LogP contribution >= 0.6 is 0 Å². The minimum atomic E-state index is -1.85. The minimum Gasteiger partial charge on any atom is -0.460 e. The van der Waals surface area contributed by atoms with Gasteiger partial charge in [-0.3, -0.25) is 0 Å². The molecule has 0 radical (unpaired) electrons. The highest BCUT2D eigenvalue weighted by Crippen LogP contribution is 2.02. The number of ether oxygens (including phenoxy) is 2. The van der Waals surface area contributed by atoms with Gasteiger partial charge in [0.2, 0.25) is 0 Å². The molecule has 0 aliphatic carbocycles. The maximum absolute atomic E-state index is 10.7. The third-order valence-corrected chi connectivity index (χ3v) is 1.35. The average Bonchev–Trinajstić information content (AvgIpc) is 2.07. The average molecular weight is 176 g/mol. The van der Waals surface area contributed by atoms with Gasteiger partial charge in [0.1, 0.15) is 13.2 Å². The van der Waals surface area contributed by atoms with Gasteiger partial charge in [-0.1, -0.05) is 0 Å². The number of carbonyl (C=O) groups is 2. The van der Waals surface area contributed by atoms with Crippen molar-refractivity contribution in [1.82, 2.24) is 0 Å². The summed E-state index contributed by atoms with van der Waals surface area (Å²) in [4.78, 5) is 21.4. The summed E-state index contributed by atoms with van der Waals surface area (Å²) in [5.74, 6) is -2.03. The quantitative estimate of drug-likeness (QED) is 0.407. The second kappa shape index (κ2) is 3.51. The number of cyclic esters (lactones) is 2. The van der Waals surface area contributed by atoms with E-state index in [0.717, 1.165) is 0 Å². The zero-order valence-electron chi connectivity index (χ0n) is 6.10. The molecular weight excluding hydrogens is 168 g/mol. The monoisotopic (exact) mass is 176 g/mol. The molecule has 1 heterocycles. The molecule has 2 atom stereocenters. The molecule has 0 aromatic rings. The molecule has 1 fully saturated rings. The van der Waals surface area contributed by atoms with Crippen LogP contribution < -0.4 is 0 Å². The second-order valence-corrected chi connectivity index (χ2v) is 2.22. The second-order valence-electron chi connectivity index (χ2n) is 2.22. The Morgan fingerprint density at radius 3 is 1.67 bits per heavy atom. The first kappa shape index (κ1) is 8.95. The summed E-state index contributed by atoms with van der Waals surface area (Å²) in [6.07, 6.45) is -3.70. The summed E-state index contributed by atoms with van der Waals surface area (Å²) in [7, 11) is 0. The Morgan fingerprint density at radius 1 is 1.00 bits per heavy atom. The van der Waals surface area contributed by atoms with Crippen LogP contribution in [0.25, 0.3) is 0 Å². The molecule has 0 saturated carbocycles. The Morgan fingerprint density at radius 2 is 1.33 bits per heavy atom. The molecule has 2 N–H and O–H groups in total. The zero-order valence-corrected chi connectivity index (χ0v) is 6.10. The van der Waals surface area contributed by atoms with E-state index in [4.69, 9.17) is 10.2 Å². The highest BCUT2D eigenvalue weighted by molar-refractivity contribution is 5.85. The molecule has 1 aliphatic heterocycles. The number of aliphatic hydroxyl groups is 2. The molecule has 6 heteroatoms. The van der Waals surface area contributed by atoms with Crippen molar-refractivity contribution < 1.29 is 29.3 Å². The smallest absolute Gasteiger partial charge is 0.338 e. The Hall–Kier alpha value is -1.14. The SMILES string of the molecule is O=C1OCCOC(=O)C(O)C1O. The van der Waals surface area contributed by atoms with Gasteiger partial charge in [-0.25, -0.2) is 9.59 Å². The highest BCUT2D eigenvalue weighted by atomic mass is 16.6. The molecule has 12 heavy (non-hydrogen) atoms. The van der Waals surface area contributed by atoms with Gasteiger partial charge in [0.25, 0.3) is 0 Å². The van der Waals surface area contributed by atoms with Gasteiger partial charge in [-0.15, -0.1) is 0 Å². The summed E-state index contributed by atoms with van der Waals surface area (Å²) in [6.45, 7) is -0.206. The summed E-state index contributed by atoms with van der Waals surface area (Å²) in [5, 5.41) is 17.8. The van der Waals surface area contributed by atoms with Crippen molar-refractivity contribution in [3.05, 3.63) is 0 Å². The van der Waals surface area contributed by atoms with E-state index in [1.165, 1.54) is 0 Å². The molecule has 0 spiro atoms. The number of esters is 2. The van der Waals surface area contributed by atoms with E-state index in [1.54, 1.807) is 0 Å².